The van der Waals surface area contributed by atoms with Crippen molar-refractivity contribution in [2.75, 3.05) is 6.26 Å². The molecule has 4 nitrogen and oxygen atoms in total. The van der Waals surface area contributed by atoms with Crippen LogP contribution >= 0.6 is 11.6 Å². The van der Waals surface area contributed by atoms with Gasteiger partial charge in [-0.2, -0.15) is 0 Å². The molecule has 0 aliphatic carbocycles. The van der Waals surface area contributed by atoms with Gasteiger partial charge in [-0.05, 0) is 35.4 Å². The van der Waals surface area contributed by atoms with Gasteiger partial charge in [0, 0.05) is 6.26 Å². The van der Waals surface area contributed by atoms with E-state index in [0.717, 1.165) is 17.4 Å². The van der Waals surface area contributed by atoms with Gasteiger partial charge in [-0.15, -0.1) is 0 Å². The number of halogens is 1. The first-order chi connectivity index (χ1) is 9.29. The SMILES string of the molecule is CS(=O)(=O)c1ccc(-c2ccc(C(=O)O)c(Cl)c2)cc1. The van der Waals surface area contributed by atoms with Crippen molar-refractivity contribution in [2.45, 2.75) is 4.90 Å². The third-order valence-electron chi connectivity index (χ3n) is 2.82. The second-order valence-corrected chi connectivity index (χ2v) is 6.72. The highest BCUT2D eigenvalue weighted by Gasteiger charge is 2.11. The lowest BCUT2D eigenvalue weighted by molar-refractivity contribution is 0.0697. The monoisotopic (exact) mass is 310 g/mol. The molecule has 1 N–H and O–H groups in total. The van der Waals surface area contributed by atoms with Gasteiger partial charge in [-0.3, -0.25) is 0 Å². The number of sulfone groups is 1. The molecule has 0 heterocycles. The second-order valence-electron chi connectivity index (χ2n) is 4.30. The molecule has 0 amide bonds. The minimum absolute atomic E-state index is 0.0307. The Labute approximate surface area is 121 Å². The molecule has 6 heteroatoms. The molecule has 2 rings (SSSR count). The highest BCUT2D eigenvalue weighted by atomic mass is 35.5. The number of carboxylic acids is 1. The largest absolute Gasteiger partial charge is 0.478 e. The number of rotatable bonds is 3. The molecule has 20 heavy (non-hydrogen) atoms. The van der Waals surface area contributed by atoms with Gasteiger partial charge in [0.25, 0.3) is 0 Å². The second kappa shape index (κ2) is 5.26. The standard InChI is InChI=1S/C14H11ClO4S/c1-20(18,19)11-5-2-9(3-6-11)10-4-7-12(14(16)17)13(15)8-10/h2-8H,1H3,(H,16,17). The van der Waals surface area contributed by atoms with Crippen molar-refractivity contribution in [1.82, 2.24) is 0 Å². The number of benzene rings is 2. The minimum atomic E-state index is -3.23. The summed E-state index contributed by atoms with van der Waals surface area (Å²) in [6, 6.07) is 10.9. The van der Waals surface area contributed by atoms with E-state index in [4.69, 9.17) is 16.7 Å². The van der Waals surface area contributed by atoms with Crippen LogP contribution in [-0.2, 0) is 9.84 Å². The predicted molar refractivity (Wildman–Crippen MR) is 77.0 cm³/mol. The van der Waals surface area contributed by atoms with Crippen molar-refractivity contribution in [2.24, 2.45) is 0 Å². The molecular weight excluding hydrogens is 300 g/mol. The van der Waals surface area contributed by atoms with Crippen molar-refractivity contribution in [1.29, 1.82) is 0 Å². The van der Waals surface area contributed by atoms with Crippen LogP contribution in [0, 0.1) is 0 Å². The molecule has 0 atom stereocenters. The topological polar surface area (TPSA) is 71.4 Å². The zero-order valence-electron chi connectivity index (χ0n) is 10.5. The summed E-state index contributed by atoms with van der Waals surface area (Å²) in [6.07, 6.45) is 1.14. The zero-order valence-corrected chi connectivity index (χ0v) is 12.1. The van der Waals surface area contributed by atoms with Crippen LogP contribution in [0.15, 0.2) is 47.4 Å². The van der Waals surface area contributed by atoms with Crippen LogP contribution in [0.3, 0.4) is 0 Å². The molecule has 0 saturated heterocycles. The fourth-order valence-electron chi connectivity index (χ4n) is 1.76. The van der Waals surface area contributed by atoms with Crippen molar-refractivity contribution in [3.8, 4) is 11.1 Å². The Morgan fingerprint density at radius 3 is 2.05 bits per heavy atom. The van der Waals surface area contributed by atoms with E-state index in [0.29, 0.717) is 0 Å². The molecule has 104 valence electrons. The van der Waals surface area contributed by atoms with Crippen molar-refractivity contribution < 1.29 is 18.3 Å². The van der Waals surface area contributed by atoms with Crippen LogP contribution in [-0.4, -0.2) is 25.7 Å². The molecule has 0 spiro atoms. The summed E-state index contributed by atoms with van der Waals surface area (Å²) in [5, 5.41) is 9.04. The highest BCUT2D eigenvalue weighted by molar-refractivity contribution is 7.90. The van der Waals surface area contributed by atoms with Crippen molar-refractivity contribution in [3.63, 3.8) is 0 Å². The molecule has 2 aromatic carbocycles. The van der Waals surface area contributed by atoms with Crippen LogP contribution in [0.2, 0.25) is 5.02 Å². The summed E-state index contributed by atoms with van der Waals surface area (Å²) in [7, 11) is -3.23. The van der Waals surface area contributed by atoms with Crippen LogP contribution in [0.5, 0.6) is 0 Å². The number of carbonyl (C=O) groups is 1. The summed E-state index contributed by atoms with van der Waals surface area (Å²) in [5.41, 5.74) is 1.51. The van der Waals surface area contributed by atoms with Crippen LogP contribution in [0.1, 0.15) is 10.4 Å². The van der Waals surface area contributed by atoms with Crippen LogP contribution in [0.25, 0.3) is 11.1 Å². The summed E-state index contributed by atoms with van der Waals surface area (Å²) < 4.78 is 22.7. The lowest BCUT2D eigenvalue weighted by Crippen LogP contribution is -1.98. The van der Waals surface area contributed by atoms with Gasteiger partial charge in [0.05, 0.1) is 15.5 Å². The van der Waals surface area contributed by atoms with Gasteiger partial charge >= 0.3 is 5.97 Å². The molecule has 0 fully saturated rings. The lowest BCUT2D eigenvalue weighted by Gasteiger charge is -2.06. The number of hydrogen-bond donors (Lipinski definition) is 1. The number of hydrogen-bond acceptors (Lipinski definition) is 3. The van der Waals surface area contributed by atoms with Gasteiger partial charge in [-0.1, -0.05) is 29.8 Å². The first kappa shape index (κ1) is 14.6. The summed E-state index contributed by atoms with van der Waals surface area (Å²) in [4.78, 5) is 11.1. The molecule has 0 unspecified atom stereocenters. The van der Waals surface area contributed by atoms with Crippen LogP contribution < -0.4 is 0 Å². The molecule has 2 aromatic rings. The third-order valence-corrected chi connectivity index (χ3v) is 4.26. The predicted octanol–water partition coefficient (Wildman–Crippen LogP) is 3.11. The Kier molecular flexibility index (Phi) is 3.83. The van der Waals surface area contributed by atoms with Crippen LogP contribution in [0.4, 0.5) is 0 Å². The van der Waals surface area contributed by atoms with E-state index in [-0.39, 0.29) is 15.5 Å². The first-order valence-electron chi connectivity index (χ1n) is 5.62. The van der Waals surface area contributed by atoms with Gasteiger partial charge in [0.1, 0.15) is 0 Å². The Balaban J connectivity index is 2.42. The van der Waals surface area contributed by atoms with Gasteiger partial charge in [0.15, 0.2) is 9.84 Å². The first-order valence-corrected chi connectivity index (χ1v) is 7.89. The molecular formula is C14H11ClO4S. The Bertz CT molecular complexity index is 764. The zero-order chi connectivity index (χ0) is 14.9. The maximum absolute atomic E-state index is 11.4. The van der Waals surface area contributed by atoms with E-state index < -0.39 is 15.8 Å². The Morgan fingerprint density at radius 2 is 1.60 bits per heavy atom. The van der Waals surface area contributed by atoms with Gasteiger partial charge in [-0.25, -0.2) is 13.2 Å². The van der Waals surface area contributed by atoms with E-state index in [9.17, 15) is 13.2 Å². The summed E-state index contributed by atoms with van der Waals surface area (Å²) in [6.45, 7) is 0. The van der Waals surface area contributed by atoms with E-state index in [2.05, 4.69) is 0 Å². The Hall–Kier alpha value is -1.85. The Morgan fingerprint density at radius 1 is 1.05 bits per heavy atom. The fourth-order valence-corrected chi connectivity index (χ4v) is 2.65. The molecule has 0 aromatic heterocycles. The number of carboxylic acid groups (broad SMARTS) is 1. The molecule has 0 aliphatic rings. The summed E-state index contributed by atoms with van der Waals surface area (Å²) in [5.74, 6) is -1.09. The molecule has 0 aliphatic heterocycles. The third kappa shape index (κ3) is 3.00. The summed E-state index contributed by atoms with van der Waals surface area (Å²) >= 11 is 5.90. The normalized spacial score (nSPS) is 11.3. The highest BCUT2D eigenvalue weighted by Crippen LogP contribution is 2.26. The maximum atomic E-state index is 11.4. The molecule has 0 radical (unpaired) electrons. The number of aromatic carboxylic acids is 1. The quantitative estimate of drug-likeness (QED) is 0.945. The molecule has 0 bridgehead atoms. The molecule has 0 saturated carbocycles. The van der Waals surface area contributed by atoms with Crippen molar-refractivity contribution in [3.05, 3.63) is 53.1 Å². The maximum Gasteiger partial charge on any atom is 0.337 e. The van der Waals surface area contributed by atoms with E-state index in [1.807, 2.05) is 0 Å². The fraction of sp³-hybridized carbons (Fsp3) is 0.0714. The van der Waals surface area contributed by atoms with E-state index in [1.165, 1.54) is 18.2 Å². The van der Waals surface area contributed by atoms with Crippen molar-refractivity contribution >= 4 is 27.4 Å². The average Bonchev–Trinajstić information content (AvgIpc) is 2.37. The average molecular weight is 311 g/mol. The van der Waals surface area contributed by atoms with E-state index >= 15 is 0 Å². The van der Waals surface area contributed by atoms with E-state index in [1.54, 1.807) is 24.3 Å². The smallest absolute Gasteiger partial charge is 0.337 e. The lowest BCUT2D eigenvalue weighted by atomic mass is 10.0. The minimum Gasteiger partial charge on any atom is -0.478 e. The van der Waals surface area contributed by atoms with Gasteiger partial charge < -0.3 is 5.11 Å². The van der Waals surface area contributed by atoms with Gasteiger partial charge in [0.2, 0.25) is 0 Å².